The molecule has 1 atom stereocenters. The van der Waals surface area contributed by atoms with Gasteiger partial charge in [-0.05, 0) is 43.6 Å². The van der Waals surface area contributed by atoms with Gasteiger partial charge in [0.2, 0.25) is 0 Å². The summed E-state index contributed by atoms with van der Waals surface area (Å²) in [6.45, 7) is 4.07. The van der Waals surface area contributed by atoms with Gasteiger partial charge in [-0.2, -0.15) is 0 Å². The molecule has 94 valence electrons. The summed E-state index contributed by atoms with van der Waals surface area (Å²) in [5.74, 6) is 1.79. The Balaban J connectivity index is 1.96. The Bertz CT molecular complexity index is 366. The standard InChI is InChI=1S/C13H22N4/c1-16-6-4-12(9-16)10-17(2)13-7-11(8-14)3-5-15-13/h3,5,7,12H,4,6,8-10,14H2,1-2H3. The Hall–Kier alpha value is -1.13. The highest BCUT2D eigenvalue weighted by molar-refractivity contribution is 5.40. The number of anilines is 1. The number of likely N-dealkylation sites (tertiary alicyclic amines) is 1. The lowest BCUT2D eigenvalue weighted by Gasteiger charge is -2.22. The zero-order chi connectivity index (χ0) is 12.3. The highest BCUT2D eigenvalue weighted by Gasteiger charge is 2.21. The summed E-state index contributed by atoms with van der Waals surface area (Å²) in [5.41, 5.74) is 6.79. The van der Waals surface area contributed by atoms with Crippen molar-refractivity contribution in [3.05, 3.63) is 23.9 Å². The van der Waals surface area contributed by atoms with E-state index in [0.717, 1.165) is 23.8 Å². The molecule has 4 nitrogen and oxygen atoms in total. The Labute approximate surface area is 103 Å². The average Bonchev–Trinajstić information content (AvgIpc) is 2.75. The Kier molecular flexibility index (Phi) is 3.97. The number of nitrogens with zero attached hydrogens (tertiary/aromatic N) is 3. The first-order valence-corrected chi connectivity index (χ1v) is 6.23. The normalized spacial score (nSPS) is 20.8. The molecule has 0 saturated carbocycles. The van der Waals surface area contributed by atoms with Crippen LogP contribution in [0.4, 0.5) is 5.82 Å². The van der Waals surface area contributed by atoms with Crippen LogP contribution in [0.2, 0.25) is 0 Å². The predicted octanol–water partition coefficient (Wildman–Crippen LogP) is 0.928. The minimum atomic E-state index is 0.579. The molecule has 0 amide bonds. The first-order valence-electron chi connectivity index (χ1n) is 6.23. The summed E-state index contributed by atoms with van der Waals surface area (Å²) in [7, 11) is 4.30. The second kappa shape index (κ2) is 5.47. The maximum absolute atomic E-state index is 5.65. The zero-order valence-electron chi connectivity index (χ0n) is 10.8. The number of nitrogens with two attached hydrogens (primary N) is 1. The topological polar surface area (TPSA) is 45.4 Å². The lowest BCUT2D eigenvalue weighted by Crippen LogP contribution is -2.27. The van der Waals surface area contributed by atoms with E-state index in [1.165, 1.54) is 19.5 Å². The van der Waals surface area contributed by atoms with E-state index < -0.39 is 0 Å². The van der Waals surface area contributed by atoms with Crippen molar-refractivity contribution in [3.8, 4) is 0 Å². The molecule has 1 aliphatic heterocycles. The van der Waals surface area contributed by atoms with Crippen LogP contribution in [-0.4, -0.2) is 43.6 Å². The van der Waals surface area contributed by atoms with Gasteiger partial charge in [0.25, 0.3) is 0 Å². The molecule has 1 aromatic rings. The molecule has 1 fully saturated rings. The van der Waals surface area contributed by atoms with Crippen molar-refractivity contribution in [3.63, 3.8) is 0 Å². The summed E-state index contributed by atoms with van der Waals surface area (Å²) in [4.78, 5) is 9.04. The van der Waals surface area contributed by atoms with Crippen molar-refractivity contribution < 1.29 is 0 Å². The van der Waals surface area contributed by atoms with Crippen LogP contribution in [-0.2, 0) is 6.54 Å². The molecule has 1 aliphatic rings. The molecule has 1 unspecified atom stereocenters. The molecule has 1 saturated heterocycles. The number of pyridine rings is 1. The highest BCUT2D eigenvalue weighted by atomic mass is 15.2. The van der Waals surface area contributed by atoms with Crippen molar-refractivity contribution in [1.82, 2.24) is 9.88 Å². The van der Waals surface area contributed by atoms with Gasteiger partial charge < -0.3 is 15.5 Å². The van der Waals surface area contributed by atoms with E-state index in [2.05, 4.69) is 34.9 Å². The second-order valence-electron chi connectivity index (χ2n) is 5.02. The molecule has 17 heavy (non-hydrogen) atoms. The molecule has 2 rings (SSSR count). The number of hydrogen-bond donors (Lipinski definition) is 1. The van der Waals surface area contributed by atoms with Gasteiger partial charge in [0.1, 0.15) is 5.82 Å². The highest BCUT2D eigenvalue weighted by Crippen LogP contribution is 2.18. The summed E-state index contributed by atoms with van der Waals surface area (Å²) < 4.78 is 0. The first-order chi connectivity index (χ1) is 8.19. The third-order valence-electron chi connectivity index (χ3n) is 3.46. The lowest BCUT2D eigenvalue weighted by atomic mass is 10.1. The van der Waals surface area contributed by atoms with Crippen LogP contribution in [0.5, 0.6) is 0 Å². The van der Waals surface area contributed by atoms with Crippen LogP contribution in [0.15, 0.2) is 18.3 Å². The molecular formula is C13H22N4. The molecule has 0 aromatic carbocycles. The van der Waals surface area contributed by atoms with E-state index in [9.17, 15) is 0 Å². The van der Waals surface area contributed by atoms with Gasteiger partial charge in [-0.3, -0.25) is 0 Å². The van der Waals surface area contributed by atoms with E-state index in [1.807, 2.05) is 12.3 Å². The van der Waals surface area contributed by atoms with Gasteiger partial charge in [0.05, 0.1) is 0 Å². The monoisotopic (exact) mass is 234 g/mol. The van der Waals surface area contributed by atoms with Gasteiger partial charge in [-0.25, -0.2) is 4.98 Å². The largest absolute Gasteiger partial charge is 0.359 e. The maximum Gasteiger partial charge on any atom is 0.128 e. The van der Waals surface area contributed by atoms with Crippen LogP contribution < -0.4 is 10.6 Å². The minimum absolute atomic E-state index is 0.579. The number of aromatic nitrogens is 1. The van der Waals surface area contributed by atoms with Gasteiger partial charge in [-0.1, -0.05) is 0 Å². The molecule has 2 heterocycles. The van der Waals surface area contributed by atoms with Crippen LogP contribution >= 0.6 is 0 Å². The minimum Gasteiger partial charge on any atom is -0.359 e. The van der Waals surface area contributed by atoms with E-state index in [0.29, 0.717) is 6.54 Å². The predicted molar refractivity (Wildman–Crippen MR) is 71.0 cm³/mol. The van der Waals surface area contributed by atoms with Crippen LogP contribution in [0.3, 0.4) is 0 Å². The van der Waals surface area contributed by atoms with Gasteiger partial charge in [-0.15, -0.1) is 0 Å². The molecular weight excluding hydrogens is 212 g/mol. The van der Waals surface area contributed by atoms with Crippen LogP contribution in [0, 0.1) is 5.92 Å². The summed E-state index contributed by atoms with van der Waals surface area (Å²) in [6.07, 6.45) is 3.13. The van der Waals surface area contributed by atoms with Crippen molar-refractivity contribution in [2.75, 3.05) is 38.6 Å². The Morgan fingerprint density at radius 2 is 2.41 bits per heavy atom. The maximum atomic E-state index is 5.65. The molecule has 0 radical (unpaired) electrons. The second-order valence-corrected chi connectivity index (χ2v) is 5.02. The van der Waals surface area contributed by atoms with Crippen molar-refractivity contribution in [2.45, 2.75) is 13.0 Å². The Morgan fingerprint density at radius 3 is 3.06 bits per heavy atom. The fraction of sp³-hybridized carbons (Fsp3) is 0.615. The summed E-state index contributed by atoms with van der Waals surface area (Å²) in [6, 6.07) is 4.05. The zero-order valence-corrected chi connectivity index (χ0v) is 10.8. The average molecular weight is 234 g/mol. The van der Waals surface area contributed by atoms with Gasteiger partial charge >= 0.3 is 0 Å². The third-order valence-corrected chi connectivity index (χ3v) is 3.46. The van der Waals surface area contributed by atoms with E-state index in [-0.39, 0.29) is 0 Å². The molecule has 0 bridgehead atoms. The third kappa shape index (κ3) is 3.17. The smallest absolute Gasteiger partial charge is 0.128 e. The van der Waals surface area contributed by atoms with Crippen LogP contribution in [0.25, 0.3) is 0 Å². The van der Waals surface area contributed by atoms with E-state index in [1.54, 1.807) is 0 Å². The van der Waals surface area contributed by atoms with Crippen molar-refractivity contribution in [2.24, 2.45) is 11.7 Å². The van der Waals surface area contributed by atoms with Crippen molar-refractivity contribution in [1.29, 1.82) is 0 Å². The Morgan fingerprint density at radius 1 is 1.59 bits per heavy atom. The molecule has 4 heteroatoms. The fourth-order valence-electron chi connectivity index (χ4n) is 2.45. The molecule has 2 N–H and O–H groups in total. The summed E-state index contributed by atoms with van der Waals surface area (Å²) >= 11 is 0. The summed E-state index contributed by atoms with van der Waals surface area (Å²) in [5, 5.41) is 0. The van der Waals surface area contributed by atoms with Crippen LogP contribution in [0.1, 0.15) is 12.0 Å². The van der Waals surface area contributed by atoms with E-state index >= 15 is 0 Å². The lowest BCUT2D eigenvalue weighted by molar-refractivity contribution is 0.395. The molecule has 0 spiro atoms. The van der Waals surface area contributed by atoms with E-state index in [4.69, 9.17) is 5.73 Å². The number of rotatable bonds is 4. The van der Waals surface area contributed by atoms with Gasteiger partial charge in [0, 0.05) is 32.9 Å². The quantitative estimate of drug-likeness (QED) is 0.842. The number of hydrogen-bond acceptors (Lipinski definition) is 4. The molecule has 0 aliphatic carbocycles. The first kappa shape index (κ1) is 12.3. The fourth-order valence-corrected chi connectivity index (χ4v) is 2.45. The van der Waals surface area contributed by atoms with Crippen molar-refractivity contribution >= 4 is 5.82 Å². The SMILES string of the molecule is CN1CCC(CN(C)c2cc(CN)ccn2)C1. The van der Waals surface area contributed by atoms with Gasteiger partial charge in [0.15, 0.2) is 0 Å². The molecule has 1 aromatic heterocycles.